The van der Waals surface area contributed by atoms with E-state index in [1.807, 2.05) is 62.4 Å². The summed E-state index contributed by atoms with van der Waals surface area (Å²) >= 11 is 0. The summed E-state index contributed by atoms with van der Waals surface area (Å²) in [6.45, 7) is 4.56. The third-order valence-corrected chi connectivity index (χ3v) is 5.99. The van der Waals surface area contributed by atoms with Crippen molar-refractivity contribution in [1.82, 2.24) is 4.90 Å². The first-order chi connectivity index (χ1) is 15.1. The van der Waals surface area contributed by atoms with Crippen LogP contribution in [-0.4, -0.2) is 30.1 Å². The van der Waals surface area contributed by atoms with Gasteiger partial charge in [0.1, 0.15) is 0 Å². The number of rotatable bonds is 7. The van der Waals surface area contributed by atoms with E-state index in [1.54, 1.807) is 7.11 Å². The van der Waals surface area contributed by atoms with Gasteiger partial charge in [-0.25, -0.2) is 0 Å². The van der Waals surface area contributed by atoms with Gasteiger partial charge in [-0.15, -0.1) is 0 Å². The standard InChI is InChI=1S/C27H31NO3/c1-19(2)31-26-17-20(15-16-25(26)30-3)18-28(22-11-5-6-12-22)27(29)24-14-8-10-21-9-4-7-13-23(21)24/h4,7-10,13-17,19,22H,5-6,11-12,18H2,1-3H3. The number of carbonyl (C=O) groups excluding carboxylic acids is 1. The number of hydrogen-bond acceptors (Lipinski definition) is 3. The number of methoxy groups -OCH3 is 1. The number of hydrogen-bond donors (Lipinski definition) is 0. The summed E-state index contributed by atoms with van der Waals surface area (Å²) in [6.07, 6.45) is 4.51. The van der Waals surface area contributed by atoms with Crippen molar-refractivity contribution in [2.45, 2.75) is 58.2 Å². The molecule has 0 heterocycles. The highest BCUT2D eigenvalue weighted by Crippen LogP contribution is 2.32. The fourth-order valence-electron chi connectivity index (χ4n) is 4.51. The maximum atomic E-state index is 13.8. The average molecular weight is 418 g/mol. The Kier molecular flexibility index (Phi) is 6.45. The van der Waals surface area contributed by atoms with Crippen molar-refractivity contribution < 1.29 is 14.3 Å². The molecule has 1 fully saturated rings. The van der Waals surface area contributed by atoms with Gasteiger partial charge < -0.3 is 14.4 Å². The van der Waals surface area contributed by atoms with Gasteiger partial charge in [0.2, 0.25) is 0 Å². The van der Waals surface area contributed by atoms with Gasteiger partial charge in [0, 0.05) is 18.2 Å². The Morgan fingerprint density at radius 3 is 2.48 bits per heavy atom. The van der Waals surface area contributed by atoms with Crippen LogP contribution in [0.2, 0.25) is 0 Å². The van der Waals surface area contributed by atoms with Crippen LogP contribution < -0.4 is 9.47 Å². The smallest absolute Gasteiger partial charge is 0.255 e. The minimum absolute atomic E-state index is 0.0485. The third kappa shape index (κ3) is 4.68. The molecule has 0 bridgehead atoms. The molecule has 1 aliphatic rings. The minimum Gasteiger partial charge on any atom is -0.493 e. The SMILES string of the molecule is COc1ccc(CN(C(=O)c2cccc3ccccc23)C2CCCC2)cc1OC(C)C. The fraction of sp³-hybridized carbons (Fsp3) is 0.370. The number of nitrogens with zero attached hydrogens (tertiary/aromatic N) is 1. The van der Waals surface area contributed by atoms with E-state index in [9.17, 15) is 4.79 Å². The van der Waals surface area contributed by atoms with Crippen LogP contribution >= 0.6 is 0 Å². The number of fused-ring (bicyclic) bond motifs is 1. The zero-order valence-electron chi connectivity index (χ0n) is 18.6. The van der Waals surface area contributed by atoms with E-state index in [0.717, 1.165) is 40.5 Å². The molecule has 4 heteroatoms. The van der Waals surface area contributed by atoms with Crippen LogP contribution in [0.15, 0.2) is 60.7 Å². The lowest BCUT2D eigenvalue weighted by Gasteiger charge is -2.30. The Morgan fingerprint density at radius 1 is 1.00 bits per heavy atom. The largest absolute Gasteiger partial charge is 0.493 e. The first-order valence-electron chi connectivity index (χ1n) is 11.2. The van der Waals surface area contributed by atoms with E-state index in [4.69, 9.17) is 9.47 Å². The van der Waals surface area contributed by atoms with Crippen molar-refractivity contribution in [3.05, 3.63) is 71.8 Å². The monoisotopic (exact) mass is 417 g/mol. The minimum atomic E-state index is 0.0485. The highest BCUT2D eigenvalue weighted by molar-refractivity contribution is 6.07. The molecule has 1 amide bonds. The summed E-state index contributed by atoms with van der Waals surface area (Å²) < 4.78 is 11.4. The van der Waals surface area contributed by atoms with E-state index in [-0.39, 0.29) is 18.1 Å². The normalized spacial score (nSPS) is 14.2. The number of amides is 1. The second-order valence-corrected chi connectivity index (χ2v) is 8.55. The summed E-state index contributed by atoms with van der Waals surface area (Å²) in [5.41, 5.74) is 1.83. The second-order valence-electron chi connectivity index (χ2n) is 8.55. The highest BCUT2D eigenvalue weighted by atomic mass is 16.5. The first kappa shape index (κ1) is 21.2. The fourth-order valence-corrected chi connectivity index (χ4v) is 4.51. The molecular weight excluding hydrogens is 386 g/mol. The molecule has 1 aliphatic carbocycles. The zero-order chi connectivity index (χ0) is 21.8. The molecule has 3 aromatic carbocycles. The topological polar surface area (TPSA) is 38.8 Å². The van der Waals surface area contributed by atoms with Gasteiger partial charge in [-0.2, -0.15) is 0 Å². The van der Waals surface area contributed by atoms with Crippen molar-refractivity contribution in [2.24, 2.45) is 0 Å². The van der Waals surface area contributed by atoms with Gasteiger partial charge in [-0.3, -0.25) is 4.79 Å². The average Bonchev–Trinajstić information content (AvgIpc) is 3.31. The Morgan fingerprint density at radius 2 is 1.74 bits per heavy atom. The maximum absolute atomic E-state index is 13.8. The van der Waals surface area contributed by atoms with E-state index in [1.165, 1.54) is 12.8 Å². The first-order valence-corrected chi connectivity index (χ1v) is 11.2. The van der Waals surface area contributed by atoms with Crippen molar-refractivity contribution in [1.29, 1.82) is 0 Å². The van der Waals surface area contributed by atoms with Gasteiger partial charge >= 0.3 is 0 Å². The van der Waals surface area contributed by atoms with Gasteiger partial charge in [0.05, 0.1) is 13.2 Å². The van der Waals surface area contributed by atoms with Crippen molar-refractivity contribution in [3.8, 4) is 11.5 Å². The lowest BCUT2D eigenvalue weighted by molar-refractivity contribution is 0.0666. The molecule has 0 aromatic heterocycles. The van der Waals surface area contributed by atoms with Crippen LogP contribution in [0.4, 0.5) is 0 Å². The van der Waals surface area contributed by atoms with E-state index in [2.05, 4.69) is 17.0 Å². The Balaban J connectivity index is 1.68. The van der Waals surface area contributed by atoms with Gasteiger partial charge in [0.25, 0.3) is 5.91 Å². The summed E-state index contributed by atoms with van der Waals surface area (Å²) in [5.74, 6) is 1.54. The molecule has 162 valence electrons. The van der Waals surface area contributed by atoms with Gasteiger partial charge in [-0.05, 0) is 61.2 Å². The van der Waals surface area contributed by atoms with Gasteiger partial charge in [0.15, 0.2) is 11.5 Å². The highest BCUT2D eigenvalue weighted by Gasteiger charge is 2.28. The van der Waals surface area contributed by atoms with E-state index in [0.29, 0.717) is 12.3 Å². The lowest BCUT2D eigenvalue weighted by Crippen LogP contribution is -2.38. The van der Waals surface area contributed by atoms with Crippen LogP contribution in [0.25, 0.3) is 10.8 Å². The quantitative estimate of drug-likeness (QED) is 0.458. The zero-order valence-corrected chi connectivity index (χ0v) is 18.6. The number of ether oxygens (including phenoxy) is 2. The number of benzene rings is 3. The lowest BCUT2D eigenvalue weighted by atomic mass is 10.0. The van der Waals surface area contributed by atoms with Crippen LogP contribution in [-0.2, 0) is 6.54 Å². The molecule has 0 spiro atoms. The molecule has 0 unspecified atom stereocenters. The molecule has 1 saturated carbocycles. The van der Waals surface area contributed by atoms with Crippen molar-refractivity contribution in [3.63, 3.8) is 0 Å². The summed E-state index contributed by atoms with van der Waals surface area (Å²) in [4.78, 5) is 15.9. The summed E-state index contributed by atoms with van der Waals surface area (Å²) in [7, 11) is 1.65. The molecular formula is C27H31NO3. The second kappa shape index (κ2) is 9.42. The molecule has 0 N–H and O–H groups in total. The molecule has 0 atom stereocenters. The molecule has 3 aromatic rings. The third-order valence-electron chi connectivity index (χ3n) is 5.99. The molecule has 0 aliphatic heterocycles. The number of carbonyl (C=O) groups is 1. The molecule has 4 rings (SSSR count). The van der Waals surface area contributed by atoms with Gasteiger partial charge in [-0.1, -0.05) is 55.3 Å². The maximum Gasteiger partial charge on any atom is 0.255 e. The molecule has 0 saturated heterocycles. The molecule has 4 nitrogen and oxygen atoms in total. The van der Waals surface area contributed by atoms with Crippen LogP contribution in [0.1, 0.15) is 55.5 Å². The van der Waals surface area contributed by atoms with Crippen LogP contribution in [0.3, 0.4) is 0 Å². The van der Waals surface area contributed by atoms with Crippen molar-refractivity contribution in [2.75, 3.05) is 7.11 Å². The summed E-state index contributed by atoms with van der Waals surface area (Å²) in [5, 5.41) is 2.10. The summed E-state index contributed by atoms with van der Waals surface area (Å²) in [6, 6.07) is 20.3. The van der Waals surface area contributed by atoms with Crippen molar-refractivity contribution >= 4 is 16.7 Å². The molecule has 31 heavy (non-hydrogen) atoms. The molecule has 0 radical (unpaired) electrons. The predicted octanol–water partition coefficient (Wildman–Crippen LogP) is 6.22. The predicted molar refractivity (Wildman–Crippen MR) is 125 cm³/mol. The van der Waals surface area contributed by atoms with Crippen LogP contribution in [0, 0.1) is 0 Å². The Labute approximate surface area is 184 Å². The Hall–Kier alpha value is -3.01. The van der Waals surface area contributed by atoms with Crippen LogP contribution in [0.5, 0.6) is 11.5 Å². The van der Waals surface area contributed by atoms with E-state index >= 15 is 0 Å². The van der Waals surface area contributed by atoms with E-state index < -0.39 is 0 Å². The Bertz CT molecular complexity index is 1050.